The molecular formula is C52H31N3S. The van der Waals surface area contributed by atoms with Crippen LogP contribution in [-0.2, 0) is 5.41 Å². The van der Waals surface area contributed by atoms with Gasteiger partial charge in [-0.25, -0.2) is 15.0 Å². The van der Waals surface area contributed by atoms with Crippen LogP contribution < -0.4 is 0 Å². The fourth-order valence-electron chi connectivity index (χ4n) is 9.47. The second-order valence-electron chi connectivity index (χ2n) is 14.6. The Labute approximate surface area is 328 Å². The van der Waals surface area contributed by atoms with E-state index in [1.165, 1.54) is 64.7 Å². The highest BCUT2D eigenvalue weighted by Gasteiger charge is 2.51. The van der Waals surface area contributed by atoms with E-state index in [1.54, 1.807) is 0 Å². The molecule has 0 saturated heterocycles. The van der Waals surface area contributed by atoms with E-state index in [0.717, 1.165) is 27.8 Å². The molecule has 3 nitrogen and oxygen atoms in total. The summed E-state index contributed by atoms with van der Waals surface area (Å²) in [5.74, 6) is 1.97. The molecular weight excluding hydrogens is 699 g/mol. The number of hydrogen-bond acceptors (Lipinski definition) is 4. The second kappa shape index (κ2) is 12.0. The highest BCUT2D eigenvalue weighted by Crippen LogP contribution is 2.63. The molecule has 8 aromatic carbocycles. The van der Waals surface area contributed by atoms with Gasteiger partial charge in [-0.3, -0.25) is 0 Å². The molecule has 0 amide bonds. The fourth-order valence-corrected chi connectivity index (χ4v) is 10.6. The SMILES string of the molecule is c1ccc(-c2nc(-c3ccccc3)nc(-c3c(-c4ccc5c(c4)C4(c6ccccc6-c6ccccc64)c4ccccc4-5)ccc4sc5ccccc5c34)n2)cc1. The molecule has 1 spiro atoms. The minimum absolute atomic E-state index is 0.442. The summed E-state index contributed by atoms with van der Waals surface area (Å²) in [5.41, 5.74) is 15.2. The Morgan fingerprint density at radius 3 is 1.43 bits per heavy atom. The minimum atomic E-state index is -0.442. The van der Waals surface area contributed by atoms with Crippen LogP contribution in [0.2, 0.25) is 0 Å². The molecule has 2 heterocycles. The summed E-state index contributed by atoms with van der Waals surface area (Å²) >= 11 is 1.82. The summed E-state index contributed by atoms with van der Waals surface area (Å²) in [5, 5.41) is 2.37. The van der Waals surface area contributed by atoms with Gasteiger partial charge in [-0.15, -0.1) is 11.3 Å². The van der Waals surface area contributed by atoms with Gasteiger partial charge in [-0.1, -0.05) is 170 Å². The number of benzene rings is 8. The van der Waals surface area contributed by atoms with E-state index in [-0.39, 0.29) is 0 Å². The van der Waals surface area contributed by atoms with Crippen molar-refractivity contribution in [3.63, 3.8) is 0 Å². The summed E-state index contributed by atoms with van der Waals surface area (Å²) in [6, 6.07) is 67.9. The number of thiophene rings is 1. The Hall–Kier alpha value is -7.01. The molecule has 4 heteroatoms. The summed E-state index contributed by atoms with van der Waals surface area (Å²) in [4.78, 5) is 15.8. The summed E-state index contributed by atoms with van der Waals surface area (Å²) in [6.07, 6.45) is 0. The van der Waals surface area contributed by atoms with Crippen molar-refractivity contribution in [3.8, 4) is 67.5 Å². The lowest BCUT2D eigenvalue weighted by atomic mass is 9.70. The predicted octanol–water partition coefficient (Wildman–Crippen LogP) is 13.3. The summed E-state index contributed by atoms with van der Waals surface area (Å²) in [6.45, 7) is 0. The molecule has 260 valence electrons. The summed E-state index contributed by atoms with van der Waals surface area (Å²) in [7, 11) is 0. The number of aromatic nitrogens is 3. The predicted molar refractivity (Wildman–Crippen MR) is 231 cm³/mol. The van der Waals surface area contributed by atoms with Crippen molar-refractivity contribution >= 4 is 31.5 Å². The maximum atomic E-state index is 5.34. The van der Waals surface area contributed by atoms with Crippen molar-refractivity contribution in [1.82, 2.24) is 15.0 Å². The number of hydrogen-bond donors (Lipinski definition) is 0. The topological polar surface area (TPSA) is 38.7 Å². The molecule has 10 aromatic rings. The van der Waals surface area contributed by atoms with Crippen LogP contribution in [0.15, 0.2) is 188 Å². The molecule has 0 fully saturated rings. The van der Waals surface area contributed by atoms with Gasteiger partial charge in [0, 0.05) is 36.9 Å². The van der Waals surface area contributed by atoms with Gasteiger partial charge in [-0.2, -0.15) is 0 Å². The first-order valence-corrected chi connectivity index (χ1v) is 19.8. The second-order valence-corrected chi connectivity index (χ2v) is 15.7. The van der Waals surface area contributed by atoms with Crippen molar-refractivity contribution in [2.75, 3.05) is 0 Å². The van der Waals surface area contributed by atoms with Crippen LogP contribution in [0.25, 0.3) is 87.7 Å². The van der Waals surface area contributed by atoms with Gasteiger partial charge in [0.15, 0.2) is 17.5 Å². The largest absolute Gasteiger partial charge is 0.208 e. The lowest BCUT2D eigenvalue weighted by Crippen LogP contribution is -2.25. The molecule has 0 N–H and O–H groups in total. The van der Waals surface area contributed by atoms with Crippen molar-refractivity contribution in [2.24, 2.45) is 0 Å². The Morgan fingerprint density at radius 1 is 0.339 bits per heavy atom. The van der Waals surface area contributed by atoms with Gasteiger partial charge in [0.25, 0.3) is 0 Å². The van der Waals surface area contributed by atoms with E-state index in [4.69, 9.17) is 15.0 Å². The van der Waals surface area contributed by atoms with E-state index < -0.39 is 5.41 Å². The first-order chi connectivity index (χ1) is 27.8. The average Bonchev–Trinajstić information content (AvgIpc) is 3.90. The van der Waals surface area contributed by atoms with Crippen molar-refractivity contribution in [3.05, 3.63) is 210 Å². The molecule has 0 saturated carbocycles. The zero-order chi connectivity index (χ0) is 36.8. The maximum absolute atomic E-state index is 5.34. The molecule has 2 aliphatic carbocycles. The average molecular weight is 730 g/mol. The van der Waals surface area contributed by atoms with Crippen LogP contribution in [0.1, 0.15) is 22.3 Å². The van der Waals surface area contributed by atoms with Crippen molar-refractivity contribution < 1.29 is 0 Å². The van der Waals surface area contributed by atoms with Crippen molar-refractivity contribution in [2.45, 2.75) is 5.41 Å². The standard InChI is InChI=1S/C52H31N3S/c1-3-15-32(16-4-1)49-53-50(33-17-5-2-6-18-33)55-51(54-49)48-35(29-30-46-47(48)40-22-10-14-26-45(40)56-46)34-27-28-39-38-21-9-13-25-43(38)52(44(39)31-34)41-23-11-7-19-36(41)37-20-8-12-24-42(37)52/h1-31H. The third-order valence-electron chi connectivity index (χ3n) is 11.8. The maximum Gasteiger partial charge on any atom is 0.165 e. The Bertz CT molecular complexity index is 3080. The van der Waals surface area contributed by atoms with Gasteiger partial charge in [0.2, 0.25) is 0 Å². The van der Waals surface area contributed by atoms with Gasteiger partial charge in [0.1, 0.15) is 0 Å². The van der Waals surface area contributed by atoms with Crippen LogP contribution in [0.5, 0.6) is 0 Å². The highest BCUT2D eigenvalue weighted by molar-refractivity contribution is 7.26. The van der Waals surface area contributed by atoms with Crippen LogP contribution in [0.4, 0.5) is 0 Å². The third-order valence-corrected chi connectivity index (χ3v) is 12.9. The number of rotatable bonds is 4. The Balaban J connectivity index is 1.18. The number of nitrogens with zero attached hydrogens (tertiary/aromatic N) is 3. The normalized spacial score (nSPS) is 13.1. The van der Waals surface area contributed by atoms with Crippen LogP contribution in [0.3, 0.4) is 0 Å². The molecule has 12 rings (SSSR count). The van der Waals surface area contributed by atoms with Crippen LogP contribution in [-0.4, -0.2) is 15.0 Å². The van der Waals surface area contributed by atoms with E-state index >= 15 is 0 Å². The van der Waals surface area contributed by atoms with E-state index in [1.807, 2.05) is 47.7 Å². The molecule has 56 heavy (non-hydrogen) atoms. The quantitative estimate of drug-likeness (QED) is 0.181. The third kappa shape index (κ3) is 4.36. The molecule has 0 radical (unpaired) electrons. The van der Waals surface area contributed by atoms with Gasteiger partial charge in [0.05, 0.1) is 5.41 Å². The molecule has 2 aromatic heterocycles. The van der Waals surface area contributed by atoms with E-state index in [2.05, 4.69) is 152 Å². The Morgan fingerprint density at radius 2 is 0.821 bits per heavy atom. The van der Waals surface area contributed by atoms with E-state index in [9.17, 15) is 0 Å². The number of fused-ring (bicyclic) bond motifs is 13. The zero-order valence-corrected chi connectivity index (χ0v) is 31.0. The fraction of sp³-hybridized carbons (Fsp3) is 0.0192. The monoisotopic (exact) mass is 729 g/mol. The van der Waals surface area contributed by atoms with E-state index in [0.29, 0.717) is 17.5 Å². The first-order valence-electron chi connectivity index (χ1n) is 19.0. The molecule has 0 unspecified atom stereocenters. The van der Waals surface area contributed by atoms with Crippen LogP contribution in [0, 0.1) is 0 Å². The van der Waals surface area contributed by atoms with Gasteiger partial charge in [-0.05, 0) is 73.8 Å². The lowest BCUT2D eigenvalue weighted by molar-refractivity contribution is 0.794. The van der Waals surface area contributed by atoms with Crippen LogP contribution >= 0.6 is 11.3 Å². The van der Waals surface area contributed by atoms with Gasteiger partial charge >= 0.3 is 0 Å². The smallest absolute Gasteiger partial charge is 0.165 e. The van der Waals surface area contributed by atoms with Crippen molar-refractivity contribution in [1.29, 1.82) is 0 Å². The molecule has 0 aliphatic heterocycles. The highest BCUT2D eigenvalue weighted by atomic mass is 32.1. The van der Waals surface area contributed by atoms with Gasteiger partial charge < -0.3 is 0 Å². The Kier molecular flexibility index (Phi) is 6.72. The zero-order valence-electron chi connectivity index (χ0n) is 30.1. The minimum Gasteiger partial charge on any atom is -0.208 e. The summed E-state index contributed by atoms with van der Waals surface area (Å²) < 4.78 is 2.45. The molecule has 0 atom stereocenters. The lowest BCUT2D eigenvalue weighted by Gasteiger charge is -2.30. The molecule has 0 bridgehead atoms. The first kappa shape index (κ1) is 31.4. The molecule has 2 aliphatic rings.